The van der Waals surface area contributed by atoms with Crippen molar-refractivity contribution in [3.05, 3.63) is 122 Å². The number of primary amides is 1. The molecule has 5 rings (SSSR count). The number of ether oxygens (including phenoxy) is 1. The second-order valence-electron chi connectivity index (χ2n) is 11.5. The highest BCUT2D eigenvalue weighted by Crippen LogP contribution is 2.39. The predicted molar refractivity (Wildman–Crippen MR) is 153 cm³/mol. The van der Waals surface area contributed by atoms with Crippen molar-refractivity contribution in [1.82, 2.24) is 9.88 Å². The molecular formula is C33H23F12N3O2. The Hall–Kier alpha value is -4.80. The second kappa shape index (κ2) is 13.2. The number of nitrogens with zero attached hydrogens (tertiary/aromatic N) is 2. The molecule has 0 fully saturated rings. The van der Waals surface area contributed by atoms with Crippen molar-refractivity contribution >= 4 is 5.91 Å². The summed E-state index contributed by atoms with van der Waals surface area (Å²) in [4.78, 5) is 17.8. The van der Waals surface area contributed by atoms with Gasteiger partial charge in [0, 0.05) is 32.1 Å². The smallest absolute Gasteiger partial charge is 0.416 e. The van der Waals surface area contributed by atoms with Crippen LogP contribution in [0.2, 0.25) is 0 Å². The van der Waals surface area contributed by atoms with Crippen LogP contribution in [0.3, 0.4) is 0 Å². The standard InChI is InChI=1S/C33H23F12N3O2/c34-30(35,36)21-7-17(8-22(13-21)31(37,38)39)11-27-26(29(46)49)3-4-28(47-27)50-25-2-1-20-16-48(6-5-19(20)12-25)15-18-9-23(32(40,41)42)14-24(10-18)33(43,44)45/h1-4,7-10,12-14H,5-6,11,15-16H2,(H2,46,49). The number of halogens is 12. The van der Waals surface area contributed by atoms with Crippen molar-refractivity contribution in [3.8, 4) is 11.6 Å². The van der Waals surface area contributed by atoms with Crippen LogP contribution in [0.4, 0.5) is 52.7 Å². The molecule has 0 saturated carbocycles. The van der Waals surface area contributed by atoms with Crippen LogP contribution in [0.25, 0.3) is 0 Å². The molecule has 2 heterocycles. The lowest BCUT2D eigenvalue weighted by Gasteiger charge is -2.29. The second-order valence-corrected chi connectivity index (χ2v) is 11.5. The van der Waals surface area contributed by atoms with E-state index >= 15 is 0 Å². The van der Waals surface area contributed by atoms with E-state index in [-0.39, 0.29) is 60.2 Å². The summed E-state index contributed by atoms with van der Waals surface area (Å²) in [6.45, 7) is 0.250. The third kappa shape index (κ3) is 8.67. The minimum Gasteiger partial charge on any atom is -0.439 e. The summed E-state index contributed by atoms with van der Waals surface area (Å²) in [5.74, 6) is -1.01. The first kappa shape index (κ1) is 36.5. The molecule has 0 aliphatic carbocycles. The van der Waals surface area contributed by atoms with Crippen molar-refractivity contribution in [2.75, 3.05) is 6.54 Å². The van der Waals surface area contributed by atoms with E-state index in [1.165, 1.54) is 12.1 Å². The summed E-state index contributed by atoms with van der Waals surface area (Å²) in [7, 11) is 0. The highest BCUT2D eigenvalue weighted by atomic mass is 19.4. The van der Waals surface area contributed by atoms with Gasteiger partial charge in [-0.15, -0.1) is 0 Å². The first-order chi connectivity index (χ1) is 23.1. The minimum atomic E-state index is -5.10. The zero-order valence-electron chi connectivity index (χ0n) is 25.2. The molecule has 5 nitrogen and oxygen atoms in total. The summed E-state index contributed by atoms with van der Waals surface area (Å²) in [5.41, 5.74) is -0.255. The fourth-order valence-electron chi connectivity index (χ4n) is 5.49. The Morgan fingerprint density at radius 3 is 1.70 bits per heavy atom. The predicted octanol–water partition coefficient (Wildman–Crippen LogP) is 9.20. The molecule has 1 aromatic heterocycles. The molecule has 0 unspecified atom stereocenters. The number of rotatable bonds is 7. The highest BCUT2D eigenvalue weighted by Gasteiger charge is 2.38. The molecule has 1 aliphatic rings. The van der Waals surface area contributed by atoms with E-state index in [1.807, 2.05) is 0 Å². The lowest BCUT2D eigenvalue weighted by atomic mass is 9.98. The van der Waals surface area contributed by atoms with Crippen molar-refractivity contribution in [2.24, 2.45) is 5.73 Å². The molecule has 1 aliphatic heterocycles. The van der Waals surface area contributed by atoms with Gasteiger partial charge in [-0.3, -0.25) is 9.69 Å². The summed E-state index contributed by atoms with van der Waals surface area (Å²) in [6, 6.07) is 9.47. The largest absolute Gasteiger partial charge is 0.439 e. The van der Waals surface area contributed by atoms with Gasteiger partial charge in [-0.05, 0) is 83.3 Å². The lowest BCUT2D eigenvalue weighted by Crippen LogP contribution is -2.30. The van der Waals surface area contributed by atoms with Crippen LogP contribution in [0, 0.1) is 0 Å². The van der Waals surface area contributed by atoms with Crippen LogP contribution in [0.1, 0.15) is 60.6 Å². The van der Waals surface area contributed by atoms with E-state index in [0.29, 0.717) is 36.2 Å². The van der Waals surface area contributed by atoms with Crippen LogP contribution in [0.15, 0.2) is 66.7 Å². The van der Waals surface area contributed by atoms with Gasteiger partial charge in [-0.1, -0.05) is 6.07 Å². The van der Waals surface area contributed by atoms with Gasteiger partial charge in [-0.2, -0.15) is 52.7 Å². The quantitative estimate of drug-likeness (QED) is 0.193. The molecule has 4 aromatic rings. The number of benzene rings is 3. The Morgan fingerprint density at radius 2 is 1.20 bits per heavy atom. The van der Waals surface area contributed by atoms with Gasteiger partial charge in [0.25, 0.3) is 5.91 Å². The zero-order chi connectivity index (χ0) is 36.8. The number of pyridine rings is 1. The van der Waals surface area contributed by atoms with Crippen molar-refractivity contribution in [1.29, 1.82) is 0 Å². The van der Waals surface area contributed by atoms with Gasteiger partial charge in [-0.25, -0.2) is 4.98 Å². The van der Waals surface area contributed by atoms with Crippen LogP contribution >= 0.6 is 0 Å². The first-order valence-corrected chi connectivity index (χ1v) is 14.4. The van der Waals surface area contributed by atoms with Crippen molar-refractivity contribution in [2.45, 2.75) is 50.6 Å². The molecule has 2 N–H and O–H groups in total. The van der Waals surface area contributed by atoms with E-state index in [0.717, 1.165) is 11.6 Å². The number of nitrogens with two attached hydrogens (primary N) is 1. The Labute approximate surface area is 275 Å². The van der Waals surface area contributed by atoms with E-state index in [4.69, 9.17) is 10.5 Å². The van der Waals surface area contributed by atoms with Gasteiger partial charge in [0.2, 0.25) is 5.88 Å². The van der Waals surface area contributed by atoms with Gasteiger partial charge in [0.15, 0.2) is 0 Å². The van der Waals surface area contributed by atoms with Gasteiger partial charge < -0.3 is 10.5 Å². The van der Waals surface area contributed by atoms with E-state index in [1.54, 1.807) is 17.0 Å². The molecule has 1 amide bonds. The molecule has 266 valence electrons. The summed E-state index contributed by atoms with van der Waals surface area (Å²) in [5, 5.41) is 0. The molecule has 50 heavy (non-hydrogen) atoms. The van der Waals surface area contributed by atoms with E-state index in [2.05, 4.69) is 4.98 Å². The lowest BCUT2D eigenvalue weighted by molar-refractivity contribution is -0.144. The molecule has 0 radical (unpaired) electrons. The number of fused-ring (bicyclic) bond motifs is 1. The average Bonchev–Trinajstić information content (AvgIpc) is 2.99. The monoisotopic (exact) mass is 721 g/mol. The topological polar surface area (TPSA) is 68.5 Å². The molecule has 0 saturated heterocycles. The fourth-order valence-corrected chi connectivity index (χ4v) is 5.49. The molecular weight excluding hydrogens is 698 g/mol. The number of carbonyl (C=O) groups excluding carboxylic acids is 1. The molecule has 0 bridgehead atoms. The summed E-state index contributed by atoms with van der Waals surface area (Å²) in [6.07, 6.45) is -20.5. The normalized spacial score (nSPS) is 14.4. The fraction of sp³-hybridized carbons (Fsp3) is 0.273. The molecule has 17 heteroatoms. The summed E-state index contributed by atoms with van der Waals surface area (Å²) >= 11 is 0. The number of amides is 1. The maximum Gasteiger partial charge on any atom is 0.416 e. The third-order valence-corrected chi connectivity index (χ3v) is 7.78. The minimum absolute atomic E-state index is 0.0319. The van der Waals surface area contributed by atoms with Crippen LogP contribution in [0.5, 0.6) is 11.6 Å². The van der Waals surface area contributed by atoms with E-state index < -0.39 is 64.9 Å². The van der Waals surface area contributed by atoms with Crippen molar-refractivity contribution < 1.29 is 62.2 Å². The highest BCUT2D eigenvalue weighted by molar-refractivity contribution is 5.94. The Balaban J connectivity index is 1.35. The number of hydrogen-bond donors (Lipinski definition) is 1. The first-order valence-electron chi connectivity index (χ1n) is 14.4. The SMILES string of the molecule is NC(=O)c1ccc(Oc2ccc3c(c2)CCN(Cc2cc(C(F)(F)F)cc(C(F)(F)F)c2)C3)nc1Cc1cc(C(F)(F)F)cc(C(F)(F)F)c1. The van der Waals surface area contributed by atoms with E-state index in [9.17, 15) is 57.5 Å². The third-order valence-electron chi connectivity index (χ3n) is 7.78. The number of aromatic nitrogens is 1. The van der Waals surface area contributed by atoms with Crippen LogP contribution in [-0.4, -0.2) is 22.3 Å². The van der Waals surface area contributed by atoms with Crippen molar-refractivity contribution in [3.63, 3.8) is 0 Å². The van der Waals surface area contributed by atoms with Gasteiger partial charge >= 0.3 is 24.7 Å². The van der Waals surface area contributed by atoms with Gasteiger partial charge in [0.1, 0.15) is 5.75 Å². The number of hydrogen-bond acceptors (Lipinski definition) is 4. The zero-order valence-corrected chi connectivity index (χ0v) is 25.2. The maximum absolute atomic E-state index is 13.4. The Bertz CT molecular complexity index is 1850. The molecule has 0 atom stereocenters. The maximum atomic E-state index is 13.4. The van der Waals surface area contributed by atoms with Crippen LogP contribution in [-0.2, 0) is 50.6 Å². The van der Waals surface area contributed by atoms with Crippen LogP contribution < -0.4 is 10.5 Å². The number of alkyl halides is 12. The molecule has 0 spiro atoms. The summed E-state index contributed by atoms with van der Waals surface area (Å²) < 4.78 is 166. The molecule has 3 aromatic carbocycles. The Morgan fingerprint density at radius 1 is 0.680 bits per heavy atom. The average molecular weight is 722 g/mol. The number of carbonyl (C=O) groups is 1. The Kier molecular flexibility index (Phi) is 9.59. The van der Waals surface area contributed by atoms with Gasteiger partial charge in [0.05, 0.1) is 33.5 Å².